The molecular weight excluding hydrogens is 332 g/mol. The molecule has 1 N–H and O–H groups in total. The highest BCUT2D eigenvalue weighted by Gasteiger charge is 2.05. The van der Waals surface area contributed by atoms with Crippen molar-refractivity contribution >= 4 is 39.7 Å². The van der Waals surface area contributed by atoms with Crippen LogP contribution in [0.15, 0.2) is 28.7 Å². The first-order valence-electron chi connectivity index (χ1n) is 5.62. The molecule has 0 atom stereocenters. The SMILES string of the molecule is CCc1[nH]c(Cc2cccc(Cl)c2)nc(=S)c1Br. The van der Waals surface area contributed by atoms with Crippen molar-refractivity contribution in [1.82, 2.24) is 9.97 Å². The lowest BCUT2D eigenvalue weighted by Gasteiger charge is -2.07. The second-order valence-electron chi connectivity index (χ2n) is 3.94. The van der Waals surface area contributed by atoms with Gasteiger partial charge in [0.2, 0.25) is 0 Å². The number of aromatic amines is 1. The number of hydrogen-bond acceptors (Lipinski definition) is 2. The summed E-state index contributed by atoms with van der Waals surface area (Å²) >= 11 is 14.7. The summed E-state index contributed by atoms with van der Waals surface area (Å²) in [6.45, 7) is 2.08. The fourth-order valence-corrected chi connectivity index (χ4v) is 2.64. The highest BCUT2D eigenvalue weighted by atomic mass is 79.9. The van der Waals surface area contributed by atoms with Crippen LogP contribution in [0, 0.1) is 4.64 Å². The maximum atomic E-state index is 5.97. The summed E-state index contributed by atoms with van der Waals surface area (Å²) in [6.07, 6.45) is 1.58. The summed E-state index contributed by atoms with van der Waals surface area (Å²) < 4.78 is 1.48. The minimum atomic E-state index is 0.600. The Labute approximate surface area is 125 Å². The van der Waals surface area contributed by atoms with E-state index in [4.69, 9.17) is 23.8 Å². The predicted molar refractivity (Wildman–Crippen MR) is 80.8 cm³/mol. The molecule has 0 fully saturated rings. The van der Waals surface area contributed by atoms with Crippen molar-refractivity contribution < 1.29 is 0 Å². The molecule has 94 valence electrons. The molecule has 2 aromatic rings. The van der Waals surface area contributed by atoms with Gasteiger partial charge in [-0.2, -0.15) is 0 Å². The Kier molecular flexibility index (Phi) is 4.54. The minimum absolute atomic E-state index is 0.600. The van der Waals surface area contributed by atoms with E-state index in [1.165, 1.54) is 0 Å². The minimum Gasteiger partial charge on any atom is -0.346 e. The van der Waals surface area contributed by atoms with Crippen LogP contribution in [0.4, 0.5) is 0 Å². The van der Waals surface area contributed by atoms with Gasteiger partial charge in [0.15, 0.2) is 0 Å². The zero-order valence-electron chi connectivity index (χ0n) is 9.84. The molecule has 1 aromatic carbocycles. The fourth-order valence-electron chi connectivity index (χ4n) is 1.73. The average molecular weight is 344 g/mol. The molecule has 0 saturated carbocycles. The van der Waals surface area contributed by atoms with Crippen LogP contribution in [0.2, 0.25) is 5.02 Å². The van der Waals surface area contributed by atoms with Crippen molar-refractivity contribution in [2.24, 2.45) is 0 Å². The third-order valence-electron chi connectivity index (χ3n) is 2.60. The van der Waals surface area contributed by atoms with Gasteiger partial charge in [0, 0.05) is 17.1 Å². The number of H-pyrrole nitrogens is 1. The Bertz CT molecular complexity index is 625. The zero-order chi connectivity index (χ0) is 13.1. The van der Waals surface area contributed by atoms with E-state index in [1.54, 1.807) is 0 Å². The average Bonchev–Trinajstić information content (AvgIpc) is 2.33. The molecule has 5 heteroatoms. The van der Waals surface area contributed by atoms with Crippen LogP contribution in [0.25, 0.3) is 0 Å². The Hall–Kier alpha value is -0.710. The summed E-state index contributed by atoms with van der Waals surface area (Å²) in [4.78, 5) is 7.68. The fraction of sp³-hybridized carbons (Fsp3) is 0.231. The Morgan fingerprint density at radius 3 is 2.89 bits per heavy atom. The smallest absolute Gasteiger partial charge is 0.144 e. The molecule has 2 rings (SSSR count). The highest BCUT2D eigenvalue weighted by Crippen LogP contribution is 2.18. The van der Waals surface area contributed by atoms with E-state index >= 15 is 0 Å². The van der Waals surface area contributed by atoms with Crippen LogP contribution < -0.4 is 0 Å². The van der Waals surface area contributed by atoms with Gasteiger partial charge in [-0.3, -0.25) is 0 Å². The number of halogens is 2. The second-order valence-corrected chi connectivity index (χ2v) is 5.56. The summed E-state index contributed by atoms with van der Waals surface area (Å²) in [5, 5.41) is 0.735. The molecule has 0 radical (unpaired) electrons. The molecule has 0 aliphatic rings. The third kappa shape index (κ3) is 3.19. The molecule has 0 aliphatic carbocycles. The number of aromatic nitrogens is 2. The van der Waals surface area contributed by atoms with Crippen LogP contribution in [0.5, 0.6) is 0 Å². The van der Waals surface area contributed by atoms with Gasteiger partial charge in [0.1, 0.15) is 10.5 Å². The highest BCUT2D eigenvalue weighted by molar-refractivity contribution is 9.10. The van der Waals surface area contributed by atoms with E-state index in [0.717, 1.165) is 33.0 Å². The monoisotopic (exact) mass is 342 g/mol. The van der Waals surface area contributed by atoms with E-state index < -0.39 is 0 Å². The maximum Gasteiger partial charge on any atom is 0.144 e. The first kappa shape index (κ1) is 13.7. The number of rotatable bonds is 3. The number of nitrogens with zero attached hydrogens (tertiary/aromatic N) is 1. The van der Waals surface area contributed by atoms with Crippen molar-refractivity contribution in [2.45, 2.75) is 19.8 Å². The van der Waals surface area contributed by atoms with E-state index in [1.807, 2.05) is 24.3 Å². The topological polar surface area (TPSA) is 28.7 Å². The number of aryl methyl sites for hydroxylation is 1. The molecule has 0 unspecified atom stereocenters. The molecule has 0 amide bonds. The quantitative estimate of drug-likeness (QED) is 0.818. The van der Waals surface area contributed by atoms with Gasteiger partial charge in [0.05, 0.1) is 4.47 Å². The lowest BCUT2D eigenvalue weighted by atomic mass is 10.1. The maximum absolute atomic E-state index is 5.97. The second kappa shape index (κ2) is 5.95. The summed E-state index contributed by atoms with van der Waals surface area (Å²) in [7, 11) is 0. The van der Waals surface area contributed by atoms with Gasteiger partial charge < -0.3 is 4.98 Å². The molecule has 0 aliphatic heterocycles. The van der Waals surface area contributed by atoms with E-state index in [9.17, 15) is 0 Å². The van der Waals surface area contributed by atoms with E-state index in [-0.39, 0.29) is 0 Å². The van der Waals surface area contributed by atoms with Crippen molar-refractivity contribution in [2.75, 3.05) is 0 Å². The van der Waals surface area contributed by atoms with Gasteiger partial charge >= 0.3 is 0 Å². The van der Waals surface area contributed by atoms with E-state index in [0.29, 0.717) is 11.1 Å². The van der Waals surface area contributed by atoms with Crippen molar-refractivity contribution in [3.8, 4) is 0 Å². The number of benzene rings is 1. The van der Waals surface area contributed by atoms with Crippen molar-refractivity contribution in [3.05, 3.63) is 55.5 Å². The lowest BCUT2D eigenvalue weighted by Crippen LogP contribution is -2.02. The number of hydrogen-bond donors (Lipinski definition) is 1. The number of nitrogens with one attached hydrogen (secondary N) is 1. The van der Waals surface area contributed by atoms with E-state index in [2.05, 4.69) is 32.8 Å². The predicted octanol–water partition coefficient (Wildman–Crippen LogP) is 4.71. The molecule has 0 saturated heterocycles. The van der Waals surface area contributed by atoms with Gasteiger partial charge in [-0.05, 0) is 40.0 Å². The van der Waals surface area contributed by atoms with Gasteiger partial charge in [-0.1, -0.05) is 42.9 Å². The zero-order valence-corrected chi connectivity index (χ0v) is 13.0. The van der Waals surface area contributed by atoms with Crippen LogP contribution in [-0.2, 0) is 12.8 Å². The summed E-state index contributed by atoms with van der Waals surface area (Å²) in [5.74, 6) is 0.863. The molecule has 1 aromatic heterocycles. The molecule has 18 heavy (non-hydrogen) atoms. The first-order valence-corrected chi connectivity index (χ1v) is 7.20. The van der Waals surface area contributed by atoms with Crippen molar-refractivity contribution in [3.63, 3.8) is 0 Å². The summed E-state index contributed by atoms with van der Waals surface area (Å²) in [6, 6.07) is 7.76. The lowest BCUT2D eigenvalue weighted by molar-refractivity contribution is 0.889. The normalized spacial score (nSPS) is 10.6. The first-order chi connectivity index (χ1) is 8.60. The summed E-state index contributed by atoms with van der Waals surface area (Å²) in [5.41, 5.74) is 2.19. The standard InChI is InChI=1S/C13H12BrClN2S/c1-2-10-12(14)13(18)17-11(16-10)7-8-4-3-5-9(15)6-8/h3-6H,2,7H2,1H3,(H,16,17,18). The Morgan fingerprint density at radius 2 is 2.22 bits per heavy atom. The molecule has 1 heterocycles. The molecule has 2 nitrogen and oxygen atoms in total. The van der Waals surface area contributed by atoms with Crippen molar-refractivity contribution in [1.29, 1.82) is 0 Å². The Morgan fingerprint density at radius 1 is 1.44 bits per heavy atom. The van der Waals surface area contributed by atoms with Gasteiger partial charge in [0.25, 0.3) is 0 Å². The van der Waals surface area contributed by atoms with Crippen LogP contribution in [-0.4, -0.2) is 9.97 Å². The molecule has 0 bridgehead atoms. The van der Waals surface area contributed by atoms with Crippen LogP contribution in [0.3, 0.4) is 0 Å². The van der Waals surface area contributed by atoms with Gasteiger partial charge in [-0.15, -0.1) is 0 Å². The molecule has 0 spiro atoms. The van der Waals surface area contributed by atoms with Gasteiger partial charge in [-0.25, -0.2) is 4.98 Å². The largest absolute Gasteiger partial charge is 0.346 e. The molecular formula is C13H12BrClN2S. The van der Waals surface area contributed by atoms with Crippen LogP contribution >= 0.6 is 39.7 Å². The Balaban J connectivity index is 2.35. The third-order valence-corrected chi connectivity index (χ3v) is 4.25. The van der Waals surface area contributed by atoms with Crippen LogP contribution in [0.1, 0.15) is 24.0 Å².